The standard InChI is InChI=1S/C10H16O/c11-10-5-6-3-7-1-2-8(10)9(7)4-6/h6-11H,1-5H2/t6-,7+,8+,9-,10-/m0/s1. The van der Waals surface area contributed by atoms with Crippen molar-refractivity contribution in [3.8, 4) is 0 Å². The highest BCUT2D eigenvalue weighted by atomic mass is 16.3. The van der Waals surface area contributed by atoms with E-state index in [-0.39, 0.29) is 6.10 Å². The Kier molecular flexibility index (Phi) is 1.18. The second-order valence-electron chi connectivity index (χ2n) is 4.81. The van der Waals surface area contributed by atoms with Gasteiger partial charge in [0.15, 0.2) is 0 Å². The minimum atomic E-state index is 0.0752. The third-order valence-electron chi connectivity index (χ3n) is 4.34. The zero-order valence-corrected chi connectivity index (χ0v) is 6.87. The van der Waals surface area contributed by atoms with Gasteiger partial charge in [-0.1, -0.05) is 0 Å². The van der Waals surface area contributed by atoms with Crippen molar-refractivity contribution >= 4 is 0 Å². The molecule has 1 heteroatoms. The molecular formula is C10H16O. The van der Waals surface area contributed by atoms with Gasteiger partial charge in [-0.2, -0.15) is 0 Å². The lowest BCUT2D eigenvalue weighted by atomic mass is 9.79. The molecule has 1 N–H and O–H groups in total. The van der Waals surface area contributed by atoms with Crippen molar-refractivity contribution in [2.45, 2.75) is 38.2 Å². The van der Waals surface area contributed by atoms with Crippen LogP contribution in [0.15, 0.2) is 0 Å². The Morgan fingerprint density at radius 1 is 0.909 bits per heavy atom. The van der Waals surface area contributed by atoms with E-state index in [1.54, 1.807) is 0 Å². The summed E-state index contributed by atoms with van der Waals surface area (Å²) in [6, 6.07) is 0. The van der Waals surface area contributed by atoms with Crippen molar-refractivity contribution in [2.75, 3.05) is 0 Å². The van der Waals surface area contributed by atoms with E-state index in [2.05, 4.69) is 0 Å². The quantitative estimate of drug-likeness (QED) is 0.561. The molecule has 2 bridgehead atoms. The minimum absolute atomic E-state index is 0.0752. The van der Waals surface area contributed by atoms with E-state index >= 15 is 0 Å². The van der Waals surface area contributed by atoms with E-state index in [1.807, 2.05) is 0 Å². The lowest BCUT2D eigenvalue weighted by molar-refractivity contribution is 0.0389. The third kappa shape index (κ3) is 0.752. The smallest absolute Gasteiger partial charge is 0.0573 e. The number of rotatable bonds is 0. The molecule has 0 unspecified atom stereocenters. The maximum Gasteiger partial charge on any atom is 0.0573 e. The number of aliphatic hydroxyl groups excluding tert-OH is 1. The van der Waals surface area contributed by atoms with Crippen LogP contribution in [-0.4, -0.2) is 11.2 Å². The van der Waals surface area contributed by atoms with Crippen LogP contribution in [0, 0.1) is 23.7 Å². The van der Waals surface area contributed by atoms with E-state index in [0.29, 0.717) is 5.92 Å². The summed E-state index contributed by atoms with van der Waals surface area (Å²) < 4.78 is 0. The summed E-state index contributed by atoms with van der Waals surface area (Å²) in [6.45, 7) is 0. The van der Waals surface area contributed by atoms with Gasteiger partial charge in [-0.3, -0.25) is 0 Å². The molecule has 5 atom stereocenters. The topological polar surface area (TPSA) is 20.2 Å². The highest BCUT2D eigenvalue weighted by molar-refractivity contribution is 5.00. The van der Waals surface area contributed by atoms with Crippen LogP contribution in [0.5, 0.6) is 0 Å². The summed E-state index contributed by atoms with van der Waals surface area (Å²) in [5.41, 5.74) is 0. The van der Waals surface area contributed by atoms with E-state index in [4.69, 9.17) is 0 Å². The molecule has 11 heavy (non-hydrogen) atoms. The molecule has 3 rings (SSSR count). The molecule has 0 aliphatic heterocycles. The van der Waals surface area contributed by atoms with Gasteiger partial charge in [0, 0.05) is 0 Å². The van der Waals surface area contributed by atoms with E-state index in [9.17, 15) is 5.11 Å². The van der Waals surface area contributed by atoms with Crippen molar-refractivity contribution < 1.29 is 5.11 Å². The number of hydrogen-bond donors (Lipinski definition) is 1. The fourth-order valence-corrected chi connectivity index (χ4v) is 3.94. The molecule has 1 nitrogen and oxygen atoms in total. The van der Waals surface area contributed by atoms with Gasteiger partial charge in [-0.05, 0) is 55.8 Å². The lowest BCUT2D eigenvalue weighted by Gasteiger charge is -2.30. The van der Waals surface area contributed by atoms with Crippen LogP contribution in [0.1, 0.15) is 32.1 Å². The zero-order chi connectivity index (χ0) is 7.42. The summed E-state index contributed by atoms with van der Waals surface area (Å²) >= 11 is 0. The Labute approximate surface area is 67.8 Å². The molecule has 0 spiro atoms. The fourth-order valence-electron chi connectivity index (χ4n) is 3.94. The predicted octanol–water partition coefficient (Wildman–Crippen LogP) is 1.80. The largest absolute Gasteiger partial charge is 0.393 e. The van der Waals surface area contributed by atoms with Crippen LogP contribution in [0.3, 0.4) is 0 Å². The van der Waals surface area contributed by atoms with Gasteiger partial charge in [0.25, 0.3) is 0 Å². The monoisotopic (exact) mass is 152 g/mol. The zero-order valence-electron chi connectivity index (χ0n) is 6.87. The van der Waals surface area contributed by atoms with E-state index < -0.39 is 0 Å². The first-order valence-corrected chi connectivity index (χ1v) is 5.02. The Bertz CT molecular complexity index is 173. The lowest BCUT2D eigenvalue weighted by Crippen LogP contribution is -2.29. The van der Waals surface area contributed by atoms with E-state index in [1.165, 1.54) is 25.7 Å². The second kappa shape index (κ2) is 2.01. The van der Waals surface area contributed by atoms with Crippen LogP contribution >= 0.6 is 0 Å². The Morgan fingerprint density at radius 2 is 1.82 bits per heavy atom. The van der Waals surface area contributed by atoms with Crippen molar-refractivity contribution in [2.24, 2.45) is 23.7 Å². The third-order valence-corrected chi connectivity index (χ3v) is 4.34. The van der Waals surface area contributed by atoms with E-state index in [0.717, 1.165) is 24.2 Å². The molecule has 3 fully saturated rings. The number of hydrogen-bond acceptors (Lipinski definition) is 1. The molecule has 62 valence electrons. The van der Waals surface area contributed by atoms with Gasteiger partial charge in [0.05, 0.1) is 6.10 Å². The van der Waals surface area contributed by atoms with Gasteiger partial charge >= 0.3 is 0 Å². The van der Waals surface area contributed by atoms with Crippen LogP contribution in [0.25, 0.3) is 0 Å². The molecular weight excluding hydrogens is 136 g/mol. The average Bonchev–Trinajstić information content (AvgIpc) is 2.40. The molecule has 0 aromatic carbocycles. The molecule has 0 amide bonds. The first-order chi connectivity index (χ1) is 5.34. The van der Waals surface area contributed by atoms with Crippen LogP contribution in [0.4, 0.5) is 0 Å². The Hall–Kier alpha value is -0.0400. The summed E-state index contributed by atoms with van der Waals surface area (Å²) in [6.07, 6.45) is 6.83. The maximum absolute atomic E-state index is 9.78. The van der Waals surface area contributed by atoms with Crippen molar-refractivity contribution in [1.82, 2.24) is 0 Å². The van der Waals surface area contributed by atoms with Gasteiger partial charge in [-0.15, -0.1) is 0 Å². The number of aliphatic hydroxyl groups is 1. The molecule has 0 aromatic rings. The van der Waals surface area contributed by atoms with Crippen molar-refractivity contribution in [3.63, 3.8) is 0 Å². The summed E-state index contributed by atoms with van der Waals surface area (Å²) in [5, 5.41) is 9.78. The molecule has 3 aliphatic carbocycles. The van der Waals surface area contributed by atoms with Crippen molar-refractivity contribution in [3.05, 3.63) is 0 Å². The fraction of sp³-hybridized carbons (Fsp3) is 1.00. The first-order valence-electron chi connectivity index (χ1n) is 5.02. The molecule has 0 radical (unpaired) electrons. The Balaban J connectivity index is 1.94. The van der Waals surface area contributed by atoms with Crippen molar-refractivity contribution in [1.29, 1.82) is 0 Å². The SMILES string of the molecule is O[C@H]1C[C@H]2C[C@H]3CC[C@@H]1[C@H]3C2. The average molecular weight is 152 g/mol. The molecule has 3 aliphatic rings. The van der Waals surface area contributed by atoms with Gasteiger partial charge in [0.2, 0.25) is 0 Å². The number of fused-ring (bicyclic) bond motifs is 1. The molecule has 0 saturated heterocycles. The molecule has 0 heterocycles. The van der Waals surface area contributed by atoms with Gasteiger partial charge in [0.1, 0.15) is 0 Å². The summed E-state index contributed by atoms with van der Waals surface area (Å²) in [5.74, 6) is 3.56. The van der Waals surface area contributed by atoms with Crippen LogP contribution in [0.2, 0.25) is 0 Å². The minimum Gasteiger partial charge on any atom is -0.393 e. The highest BCUT2D eigenvalue weighted by Crippen LogP contribution is 2.56. The predicted molar refractivity (Wildman–Crippen MR) is 43.1 cm³/mol. The second-order valence-corrected chi connectivity index (χ2v) is 4.81. The summed E-state index contributed by atoms with van der Waals surface area (Å²) in [7, 11) is 0. The van der Waals surface area contributed by atoms with Gasteiger partial charge in [-0.25, -0.2) is 0 Å². The van der Waals surface area contributed by atoms with Crippen LogP contribution < -0.4 is 0 Å². The highest BCUT2D eigenvalue weighted by Gasteiger charge is 2.50. The van der Waals surface area contributed by atoms with Gasteiger partial charge < -0.3 is 5.11 Å². The maximum atomic E-state index is 9.78. The van der Waals surface area contributed by atoms with Crippen LogP contribution in [-0.2, 0) is 0 Å². The Morgan fingerprint density at radius 3 is 2.73 bits per heavy atom. The molecule has 0 aromatic heterocycles. The first kappa shape index (κ1) is 6.47. The molecule has 3 saturated carbocycles. The summed E-state index contributed by atoms with van der Waals surface area (Å²) in [4.78, 5) is 0. The normalized spacial score (nSPS) is 60.3.